The summed E-state index contributed by atoms with van der Waals surface area (Å²) in [7, 11) is 0. The fraction of sp³-hybridized carbons (Fsp3) is 0.517. The highest BCUT2D eigenvalue weighted by atomic mass is 19.3. The van der Waals surface area contributed by atoms with Crippen LogP contribution >= 0.6 is 0 Å². The second-order valence-electron chi connectivity index (χ2n) is 11.0. The van der Waals surface area contributed by atoms with E-state index in [0.717, 1.165) is 35.0 Å². The molecule has 0 aliphatic carbocycles. The number of rotatable bonds is 9. The van der Waals surface area contributed by atoms with Crippen LogP contribution in [0.2, 0.25) is 0 Å². The van der Waals surface area contributed by atoms with Gasteiger partial charge in [0, 0.05) is 59.6 Å². The maximum Gasteiger partial charge on any atom is 0.288 e. The second kappa shape index (κ2) is 11.0. The number of alkyl halides is 4. The molecule has 2 N–H and O–H groups in total. The first-order valence-electron chi connectivity index (χ1n) is 13.4. The summed E-state index contributed by atoms with van der Waals surface area (Å²) in [6.07, 6.45) is 1.57. The fourth-order valence-electron chi connectivity index (χ4n) is 6.14. The minimum atomic E-state index is -3.67. The molecule has 2 aliphatic heterocycles. The van der Waals surface area contributed by atoms with E-state index in [0.29, 0.717) is 31.6 Å². The molecule has 1 fully saturated rings. The lowest BCUT2D eigenvalue weighted by Gasteiger charge is -2.42. The summed E-state index contributed by atoms with van der Waals surface area (Å²) in [5, 5.41) is 4.05. The highest BCUT2D eigenvalue weighted by Crippen LogP contribution is 2.44. The third-order valence-corrected chi connectivity index (χ3v) is 7.98. The molecule has 1 saturated heterocycles. The molecule has 0 saturated carbocycles. The Labute approximate surface area is 224 Å². The van der Waals surface area contributed by atoms with E-state index in [2.05, 4.69) is 15.2 Å². The van der Waals surface area contributed by atoms with Crippen molar-refractivity contribution in [1.82, 2.24) is 14.8 Å². The van der Waals surface area contributed by atoms with Crippen LogP contribution in [0.5, 0.6) is 0 Å². The zero-order valence-electron chi connectivity index (χ0n) is 22.1. The van der Waals surface area contributed by atoms with E-state index >= 15 is 8.78 Å². The minimum absolute atomic E-state index is 0.0488. The summed E-state index contributed by atoms with van der Waals surface area (Å²) >= 11 is 0. The molecule has 0 amide bonds. The van der Waals surface area contributed by atoms with Crippen molar-refractivity contribution in [3.63, 3.8) is 0 Å². The molecule has 3 heterocycles. The van der Waals surface area contributed by atoms with Gasteiger partial charge in [-0.15, -0.1) is 0 Å². The molecule has 0 bridgehead atoms. The molecule has 212 valence electrons. The Morgan fingerprint density at radius 2 is 1.85 bits per heavy atom. The minimum Gasteiger partial charge on any atom is -0.381 e. The number of fused-ring (bicyclic) bond motifs is 3. The lowest BCUT2D eigenvalue weighted by molar-refractivity contribution is -0.0678. The lowest BCUT2D eigenvalue weighted by atomic mass is 9.87. The molecule has 39 heavy (non-hydrogen) atoms. The van der Waals surface area contributed by atoms with E-state index in [1.165, 1.54) is 17.0 Å². The number of nitrogens with one attached hydrogen (secondary N) is 2. The average Bonchev–Trinajstić information content (AvgIpc) is 3.47. The Balaban J connectivity index is 1.52. The van der Waals surface area contributed by atoms with Gasteiger partial charge in [0.05, 0.1) is 19.3 Å². The lowest BCUT2D eigenvalue weighted by Crippen LogP contribution is -2.49. The third-order valence-electron chi connectivity index (χ3n) is 7.98. The zero-order valence-corrected chi connectivity index (χ0v) is 22.1. The first kappa shape index (κ1) is 27.8. The van der Waals surface area contributed by atoms with E-state index in [4.69, 9.17) is 0 Å². The monoisotopic (exact) mass is 552 g/mol. The Kier molecular flexibility index (Phi) is 7.88. The largest absolute Gasteiger partial charge is 0.381 e. The van der Waals surface area contributed by atoms with Gasteiger partial charge in [0.25, 0.3) is 5.92 Å². The highest BCUT2D eigenvalue weighted by Gasteiger charge is 2.44. The van der Waals surface area contributed by atoms with Crippen LogP contribution in [0.4, 0.5) is 32.0 Å². The summed E-state index contributed by atoms with van der Waals surface area (Å²) in [6, 6.07) is 6.37. The molecule has 2 aliphatic rings. The van der Waals surface area contributed by atoms with Crippen molar-refractivity contribution >= 4 is 16.6 Å². The topological polar surface area (TPSA) is 34.3 Å². The number of halogens is 6. The summed E-state index contributed by atoms with van der Waals surface area (Å²) < 4.78 is 86.1. The van der Waals surface area contributed by atoms with Crippen LogP contribution in [-0.4, -0.2) is 72.3 Å². The summed E-state index contributed by atoms with van der Waals surface area (Å²) in [6.45, 7) is 2.46. The number of hydrogen-bond acceptors (Lipinski definition) is 3. The van der Waals surface area contributed by atoms with Gasteiger partial charge in [-0.2, -0.15) is 0 Å². The molecule has 4 nitrogen and oxygen atoms in total. The normalized spacial score (nSPS) is 22.5. The number of H-pyrrole nitrogens is 1. The molecule has 0 spiro atoms. The van der Waals surface area contributed by atoms with Crippen LogP contribution < -0.4 is 5.32 Å². The van der Waals surface area contributed by atoms with Crippen molar-refractivity contribution < 1.29 is 26.3 Å². The molecule has 3 aromatic rings. The first-order chi connectivity index (χ1) is 18.6. The molecule has 2 aromatic carbocycles. The van der Waals surface area contributed by atoms with Crippen LogP contribution in [0, 0.1) is 18.6 Å². The number of anilines is 1. The number of benzene rings is 2. The Hall–Kier alpha value is -2.72. The van der Waals surface area contributed by atoms with Crippen LogP contribution in [0.1, 0.15) is 48.2 Å². The van der Waals surface area contributed by atoms with Gasteiger partial charge in [-0.3, -0.25) is 9.29 Å². The van der Waals surface area contributed by atoms with Gasteiger partial charge in [0.2, 0.25) is 0 Å². The summed E-state index contributed by atoms with van der Waals surface area (Å²) in [4.78, 5) is 6.64. The Morgan fingerprint density at radius 1 is 1.10 bits per heavy atom. The van der Waals surface area contributed by atoms with Gasteiger partial charge in [0.1, 0.15) is 11.6 Å². The molecule has 3 atom stereocenters. The van der Waals surface area contributed by atoms with E-state index in [1.54, 1.807) is 6.92 Å². The van der Waals surface area contributed by atoms with Crippen LogP contribution in [0.15, 0.2) is 30.3 Å². The number of hydrogen-bond donors (Lipinski definition) is 2. The standard InChI is InChI=1S/C29H34F6N4/c1-17-4-5-25-21(10-17)22-11-18(2)39(16-29(34,35)15-31)28(27(22)37-25)26-23(32)12-20(13-24(26)33)36-19-6-9-38(14-19)8-3-7-30/h4-5,10,12-13,18-19,28,36-37H,3,6-9,11,14-16H2,1-2H3/t18-,19-,28-/m0/s1. The van der Waals surface area contributed by atoms with Crippen molar-refractivity contribution in [2.24, 2.45) is 0 Å². The van der Waals surface area contributed by atoms with E-state index in [9.17, 15) is 17.6 Å². The smallest absolute Gasteiger partial charge is 0.288 e. The van der Waals surface area contributed by atoms with Gasteiger partial charge < -0.3 is 15.2 Å². The van der Waals surface area contributed by atoms with Crippen molar-refractivity contribution in [3.8, 4) is 0 Å². The van der Waals surface area contributed by atoms with Crippen LogP contribution in [-0.2, 0) is 6.42 Å². The van der Waals surface area contributed by atoms with E-state index in [1.807, 2.05) is 25.1 Å². The van der Waals surface area contributed by atoms with E-state index < -0.39 is 49.5 Å². The van der Waals surface area contributed by atoms with Gasteiger partial charge in [-0.05, 0) is 62.9 Å². The predicted molar refractivity (Wildman–Crippen MR) is 141 cm³/mol. The van der Waals surface area contributed by atoms with Gasteiger partial charge in [-0.1, -0.05) is 11.6 Å². The number of aromatic amines is 1. The molecular weight excluding hydrogens is 518 g/mol. The van der Waals surface area contributed by atoms with Crippen LogP contribution in [0.3, 0.4) is 0 Å². The number of nitrogens with zero attached hydrogens (tertiary/aromatic N) is 2. The number of aromatic nitrogens is 1. The first-order valence-corrected chi connectivity index (χ1v) is 13.4. The number of aryl methyl sites for hydroxylation is 1. The zero-order chi connectivity index (χ0) is 27.9. The van der Waals surface area contributed by atoms with Gasteiger partial charge >= 0.3 is 0 Å². The van der Waals surface area contributed by atoms with Crippen molar-refractivity contribution in [1.29, 1.82) is 0 Å². The Morgan fingerprint density at radius 3 is 2.54 bits per heavy atom. The second-order valence-corrected chi connectivity index (χ2v) is 11.0. The van der Waals surface area contributed by atoms with E-state index in [-0.39, 0.29) is 17.3 Å². The van der Waals surface area contributed by atoms with Gasteiger partial charge in [-0.25, -0.2) is 22.0 Å². The predicted octanol–water partition coefficient (Wildman–Crippen LogP) is 6.54. The third kappa shape index (κ3) is 5.63. The number of likely N-dealkylation sites (tertiary alicyclic amines) is 1. The molecule has 1 aromatic heterocycles. The average molecular weight is 553 g/mol. The Bertz CT molecular complexity index is 1300. The fourth-order valence-corrected chi connectivity index (χ4v) is 6.14. The summed E-state index contributed by atoms with van der Waals surface area (Å²) in [5.74, 6) is -5.39. The molecule has 10 heteroatoms. The van der Waals surface area contributed by atoms with Crippen molar-refractivity contribution in [2.45, 2.75) is 57.2 Å². The van der Waals surface area contributed by atoms with Crippen LogP contribution in [0.25, 0.3) is 10.9 Å². The SMILES string of the molecule is Cc1ccc2[nH]c3c(c2c1)C[C@H](C)N(CC(F)(F)CF)[C@H]3c1c(F)cc(N[C@H]2CCN(CCCF)C2)cc1F. The quantitative estimate of drug-likeness (QED) is 0.296. The maximum atomic E-state index is 15.8. The maximum absolute atomic E-state index is 15.8. The molecular formula is C29H34F6N4. The summed E-state index contributed by atoms with van der Waals surface area (Å²) in [5.41, 5.74) is 2.93. The molecule has 5 rings (SSSR count). The van der Waals surface area contributed by atoms with Crippen molar-refractivity contribution in [3.05, 3.63) is 64.4 Å². The molecule has 0 radical (unpaired) electrons. The highest BCUT2D eigenvalue weighted by molar-refractivity contribution is 5.86. The molecule has 0 unspecified atom stereocenters. The van der Waals surface area contributed by atoms with Crippen molar-refractivity contribution in [2.75, 3.05) is 44.8 Å². The van der Waals surface area contributed by atoms with Gasteiger partial charge in [0.15, 0.2) is 6.67 Å².